The number of carbonyl (C=O) groups is 2. The SMILES string of the molecule is C=CC(=O)N1CC(NC(=O)c2csc(CNc3n[nH]c4cc(Cl)c(C(C)(C)C)cc34)n2)C1. The molecule has 8 nitrogen and oxygen atoms in total. The monoisotopic (exact) mass is 472 g/mol. The number of aromatic amines is 1. The second-order valence-corrected chi connectivity index (χ2v) is 10.1. The van der Waals surface area contributed by atoms with Crippen LogP contribution < -0.4 is 10.6 Å². The number of anilines is 1. The number of hydrogen-bond acceptors (Lipinski definition) is 6. The molecule has 0 saturated carbocycles. The molecule has 1 fully saturated rings. The van der Waals surface area contributed by atoms with Gasteiger partial charge in [0, 0.05) is 28.9 Å². The minimum atomic E-state index is -0.238. The molecule has 10 heteroatoms. The van der Waals surface area contributed by atoms with E-state index in [2.05, 4.69) is 59.2 Å². The average Bonchev–Trinajstić information content (AvgIpc) is 3.33. The van der Waals surface area contributed by atoms with E-state index in [1.165, 1.54) is 17.4 Å². The first-order valence-corrected chi connectivity index (χ1v) is 11.5. The summed E-state index contributed by atoms with van der Waals surface area (Å²) < 4.78 is 0. The maximum Gasteiger partial charge on any atom is 0.271 e. The Morgan fingerprint density at radius 3 is 2.81 bits per heavy atom. The van der Waals surface area contributed by atoms with Gasteiger partial charge in [-0.2, -0.15) is 5.10 Å². The quantitative estimate of drug-likeness (QED) is 0.474. The topological polar surface area (TPSA) is 103 Å². The van der Waals surface area contributed by atoms with Gasteiger partial charge in [0.25, 0.3) is 5.91 Å². The van der Waals surface area contributed by atoms with Crippen molar-refractivity contribution in [2.24, 2.45) is 0 Å². The van der Waals surface area contributed by atoms with E-state index in [4.69, 9.17) is 11.6 Å². The summed E-state index contributed by atoms with van der Waals surface area (Å²) in [5.41, 5.74) is 2.19. The number of amides is 2. The fourth-order valence-corrected chi connectivity index (χ4v) is 4.70. The summed E-state index contributed by atoms with van der Waals surface area (Å²) in [4.78, 5) is 30.0. The summed E-state index contributed by atoms with van der Waals surface area (Å²) in [5.74, 6) is 0.350. The molecule has 1 aromatic carbocycles. The van der Waals surface area contributed by atoms with Crippen LogP contribution in [0.5, 0.6) is 0 Å². The number of rotatable bonds is 6. The molecule has 2 aromatic heterocycles. The summed E-state index contributed by atoms with van der Waals surface area (Å²) in [6.45, 7) is 11.2. The van der Waals surface area contributed by atoms with Gasteiger partial charge in [-0.05, 0) is 29.2 Å². The number of benzene rings is 1. The summed E-state index contributed by atoms with van der Waals surface area (Å²) in [7, 11) is 0. The summed E-state index contributed by atoms with van der Waals surface area (Å²) in [6, 6.07) is 3.89. The van der Waals surface area contributed by atoms with Crippen molar-refractivity contribution >= 4 is 51.5 Å². The first kappa shape index (κ1) is 22.3. The molecule has 4 rings (SSSR count). The van der Waals surface area contributed by atoms with Gasteiger partial charge in [0.2, 0.25) is 5.91 Å². The Morgan fingerprint density at radius 2 is 2.12 bits per heavy atom. The molecule has 0 atom stereocenters. The molecule has 1 aliphatic rings. The van der Waals surface area contributed by atoms with Crippen LogP contribution in [0.2, 0.25) is 5.02 Å². The standard InChI is InChI=1S/C22H25ClN6O2S/c1-5-19(30)29-9-12(10-29)25-21(31)17-11-32-18(26-17)8-24-20-13-6-14(22(2,3)4)15(23)7-16(13)27-28-20/h5-7,11-12H,1,8-10H2,2-4H3,(H,25,31)(H2,24,27,28). The molecule has 0 spiro atoms. The van der Waals surface area contributed by atoms with Crippen molar-refractivity contribution in [1.29, 1.82) is 0 Å². The van der Waals surface area contributed by atoms with Crippen molar-refractivity contribution in [3.8, 4) is 0 Å². The minimum Gasteiger partial charge on any atom is -0.362 e. The number of H-pyrrole nitrogens is 1. The third kappa shape index (κ3) is 4.49. The fraction of sp³-hybridized carbons (Fsp3) is 0.364. The Balaban J connectivity index is 1.38. The number of fused-ring (bicyclic) bond motifs is 1. The van der Waals surface area contributed by atoms with E-state index in [1.807, 2.05) is 6.07 Å². The van der Waals surface area contributed by atoms with E-state index in [0.29, 0.717) is 36.2 Å². The number of carbonyl (C=O) groups excluding carboxylic acids is 2. The van der Waals surface area contributed by atoms with Crippen LogP contribution in [0.4, 0.5) is 5.82 Å². The van der Waals surface area contributed by atoms with E-state index in [0.717, 1.165) is 21.5 Å². The lowest BCUT2D eigenvalue weighted by Crippen LogP contribution is -2.60. The predicted molar refractivity (Wildman–Crippen MR) is 127 cm³/mol. The van der Waals surface area contributed by atoms with Crippen molar-refractivity contribution in [3.05, 3.63) is 51.5 Å². The van der Waals surface area contributed by atoms with Crippen LogP contribution in [-0.4, -0.2) is 51.0 Å². The van der Waals surface area contributed by atoms with Crippen molar-refractivity contribution in [1.82, 2.24) is 25.4 Å². The van der Waals surface area contributed by atoms with E-state index >= 15 is 0 Å². The Hall–Kier alpha value is -2.91. The maximum atomic E-state index is 12.4. The Labute approximate surface area is 195 Å². The zero-order valence-corrected chi connectivity index (χ0v) is 19.7. The normalized spacial score (nSPS) is 14.3. The van der Waals surface area contributed by atoms with E-state index < -0.39 is 0 Å². The lowest BCUT2D eigenvalue weighted by molar-refractivity contribution is -0.130. The van der Waals surface area contributed by atoms with Crippen molar-refractivity contribution in [2.45, 2.75) is 38.8 Å². The third-order valence-electron chi connectivity index (χ3n) is 5.35. The van der Waals surface area contributed by atoms with Gasteiger partial charge in [0.1, 0.15) is 10.7 Å². The van der Waals surface area contributed by atoms with Crippen LogP contribution in [-0.2, 0) is 16.8 Å². The van der Waals surface area contributed by atoms with Crippen LogP contribution in [0.15, 0.2) is 30.2 Å². The van der Waals surface area contributed by atoms with Gasteiger partial charge >= 0.3 is 0 Å². The number of aromatic nitrogens is 3. The van der Waals surface area contributed by atoms with E-state index in [9.17, 15) is 9.59 Å². The van der Waals surface area contributed by atoms with Gasteiger partial charge < -0.3 is 15.5 Å². The third-order valence-corrected chi connectivity index (χ3v) is 6.51. The predicted octanol–water partition coefficient (Wildman–Crippen LogP) is 3.71. The summed E-state index contributed by atoms with van der Waals surface area (Å²) in [6.07, 6.45) is 1.28. The molecule has 3 heterocycles. The van der Waals surface area contributed by atoms with Gasteiger partial charge in [-0.1, -0.05) is 39.0 Å². The highest BCUT2D eigenvalue weighted by Gasteiger charge is 2.31. The molecular formula is C22H25ClN6O2S. The largest absolute Gasteiger partial charge is 0.362 e. The second kappa shape index (κ2) is 8.55. The molecule has 0 aliphatic carbocycles. The smallest absolute Gasteiger partial charge is 0.271 e. The molecule has 0 radical (unpaired) electrons. The lowest BCUT2D eigenvalue weighted by Gasteiger charge is -2.38. The minimum absolute atomic E-state index is 0.0612. The highest BCUT2D eigenvalue weighted by Crippen LogP contribution is 2.34. The van der Waals surface area contributed by atoms with Crippen molar-refractivity contribution in [2.75, 3.05) is 18.4 Å². The van der Waals surface area contributed by atoms with Crippen LogP contribution in [0, 0.1) is 0 Å². The lowest BCUT2D eigenvalue weighted by atomic mass is 9.86. The Bertz CT molecular complexity index is 1190. The number of nitrogens with zero attached hydrogens (tertiary/aromatic N) is 3. The Morgan fingerprint density at radius 1 is 1.38 bits per heavy atom. The summed E-state index contributed by atoms with van der Waals surface area (Å²) >= 11 is 7.85. The first-order valence-electron chi connectivity index (χ1n) is 10.2. The first-order chi connectivity index (χ1) is 15.2. The number of likely N-dealkylation sites (tertiary alicyclic amines) is 1. The molecule has 1 aliphatic heterocycles. The van der Waals surface area contributed by atoms with Crippen LogP contribution >= 0.6 is 22.9 Å². The highest BCUT2D eigenvalue weighted by molar-refractivity contribution is 7.09. The summed E-state index contributed by atoms with van der Waals surface area (Å²) in [5, 5.41) is 17.7. The zero-order valence-electron chi connectivity index (χ0n) is 18.2. The Kier molecular flexibility index (Phi) is 5.96. The van der Waals surface area contributed by atoms with Crippen LogP contribution in [0.3, 0.4) is 0 Å². The number of hydrogen-bond donors (Lipinski definition) is 3. The van der Waals surface area contributed by atoms with Gasteiger partial charge in [-0.3, -0.25) is 14.7 Å². The number of halogens is 1. The molecular weight excluding hydrogens is 448 g/mol. The molecule has 32 heavy (non-hydrogen) atoms. The van der Waals surface area contributed by atoms with Gasteiger partial charge in [0.05, 0.1) is 18.1 Å². The molecule has 0 bridgehead atoms. The zero-order chi connectivity index (χ0) is 23.0. The molecule has 1 saturated heterocycles. The van der Waals surface area contributed by atoms with Gasteiger partial charge in [-0.25, -0.2) is 4.98 Å². The van der Waals surface area contributed by atoms with Crippen LogP contribution in [0.1, 0.15) is 41.8 Å². The molecule has 0 unspecified atom stereocenters. The second-order valence-electron chi connectivity index (χ2n) is 8.80. The number of thiazole rings is 1. The van der Waals surface area contributed by atoms with E-state index in [-0.39, 0.29) is 23.3 Å². The number of nitrogens with one attached hydrogen (secondary N) is 3. The molecule has 3 aromatic rings. The van der Waals surface area contributed by atoms with Crippen molar-refractivity contribution < 1.29 is 9.59 Å². The molecule has 2 amide bonds. The van der Waals surface area contributed by atoms with Crippen molar-refractivity contribution in [3.63, 3.8) is 0 Å². The fourth-order valence-electron chi connectivity index (χ4n) is 3.54. The molecule has 3 N–H and O–H groups in total. The van der Waals surface area contributed by atoms with E-state index in [1.54, 1.807) is 10.3 Å². The van der Waals surface area contributed by atoms with Crippen LogP contribution in [0.25, 0.3) is 10.9 Å². The maximum absolute atomic E-state index is 12.4. The molecule has 168 valence electrons. The van der Waals surface area contributed by atoms with Gasteiger partial charge in [-0.15, -0.1) is 11.3 Å². The highest BCUT2D eigenvalue weighted by atomic mass is 35.5. The van der Waals surface area contributed by atoms with Gasteiger partial charge in [0.15, 0.2) is 5.82 Å². The average molecular weight is 473 g/mol.